The van der Waals surface area contributed by atoms with E-state index >= 15 is 0 Å². The van der Waals surface area contributed by atoms with Gasteiger partial charge in [-0.05, 0) is 25.0 Å². The van der Waals surface area contributed by atoms with Crippen LogP contribution in [0.1, 0.15) is 29.6 Å². The molecule has 0 saturated heterocycles. The minimum Gasteiger partial charge on any atom is -0.461 e. The largest absolute Gasteiger partial charge is 0.461 e. The Hall–Kier alpha value is -1.10. The van der Waals surface area contributed by atoms with E-state index in [0.29, 0.717) is 17.5 Å². The number of hydrogen-bond donors (Lipinski definition) is 0. The fraction of sp³-hybridized carbons (Fsp3) is 0.400. The lowest BCUT2D eigenvalue weighted by molar-refractivity contribution is 0.375. The van der Waals surface area contributed by atoms with Crippen LogP contribution in [0.5, 0.6) is 0 Å². The lowest BCUT2D eigenvalue weighted by Gasteiger charge is -1.96. The number of alkyl halides is 1. The van der Waals surface area contributed by atoms with Crippen molar-refractivity contribution in [2.45, 2.75) is 25.1 Å². The van der Waals surface area contributed by atoms with E-state index in [4.69, 9.17) is 8.94 Å². The summed E-state index contributed by atoms with van der Waals surface area (Å²) in [6, 6.07) is 1.87. The van der Waals surface area contributed by atoms with Crippen LogP contribution in [0.3, 0.4) is 0 Å². The van der Waals surface area contributed by atoms with Gasteiger partial charge in [-0.25, -0.2) is 0 Å². The van der Waals surface area contributed by atoms with E-state index in [1.165, 1.54) is 0 Å². The van der Waals surface area contributed by atoms with Crippen molar-refractivity contribution < 1.29 is 8.94 Å². The molecule has 0 spiro atoms. The summed E-state index contributed by atoms with van der Waals surface area (Å²) in [4.78, 5) is 4.37. The predicted molar refractivity (Wildman–Crippen MR) is 58.7 cm³/mol. The van der Waals surface area contributed by atoms with E-state index < -0.39 is 0 Å². The van der Waals surface area contributed by atoms with Crippen LogP contribution in [0.25, 0.3) is 11.6 Å². The van der Waals surface area contributed by atoms with Crippen LogP contribution in [-0.2, 0) is 0 Å². The number of hydrogen-bond acceptors (Lipinski definition) is 4. The summed E-state index contributed by atoms with van der Waals surface area (Å²) >= 11 is 3.45. The molecule has 0 bridgehead atoms. The Kier molecular flexibility index (Phi) is 2.90. The second kappa shape index (κ2) is 4.18. The van der Waals surface area contributed by atoms with E-state index in [0.717, 1.165) is 12.0 Å². The molecule has 1 unspecified atom stereocenters. The van der Waals surface area contributed by atoms with Crippen molar-refractivity contribution in [3.63, 3.8) is 0 Å². The van der Waals surface area contributed by atoms with Crippen LogP contribution in [-0.4, -0.2) is 10.1 Å². The summed E-state index contributed by atoms with van der Waals surface area (Å²) < 4.78 is 10.4. The van der Waals surface area contributed by atoms with E-state index in [2.05, 4.69) is 26.1 Å². The second-order valence-electron chi connectivity index (χ2n) is 3.26. The first-order valence-electron chi connectivity index (χ1n) is 4.74. The minimum absolute atomic E-state index is 0.106. The summed E-state index contributed by atoms with van der Waals surface area (Å²) in [5.74, 6) is 1.76. The van der Waals surface area contributed by atoms with Gasteiger partial charge in [0.15, 0.2) is 5.76 Å². The molecule has 80 valence electrons. The molecule has 2 aromatic heterocycles. The van der Waals surface area contributed by atoms with Gasteiger partial charge >= 0.3 is 0 Å². The number of aromatic nitrogens is 2. The molecule has 2 heterocycles. The first kappa shape index (κ1) is 10.4. The van der Waals surface area contributed by atoms with Gasteiger partial charge in [0.25, 0.3) is 0 Å². The van der Waals surface area contributed by atoms with Crippen LogP contribution >= 0.6 is 15.9 Å². The zero-order chi connectivity index (χ0) is 10.8. The Bertz CT molecular complexity index is 450. The summed E-state index contributed by atoms with van der Waals surface area (Å²) in [5.41, 5.74) is 1.00. The Morgan fingerprint density at radius 2 is 2.33 bits per heavy atom. The fourth-order valence-electron chi connectivity index (χ4n) is 1.23. The second-order valence-corrected chi connectivity index (χ2v) is 4.37. The van der Waals surface area contributed by atoms with Gasteiger partial charge in [-0.3, -0.25) is 0 Å². The molecule has 0 aliphatic rings. The maximum Gasteiger partial charge on any atom is 0.240 e. The average Bonchev–Trinajstić information content (AvgIpc) is 2.84. The summed E-state index contributed by atoms with van der Waals surface area (Å²) in [5, 5.41) is 3.88. The molecule has 0 aliphatic heterocycles. The van der Waals surface area contributed by atoms with Crippen molar-refractivity contribution >= 4 is 15.9 Å². The molecule has 15 heavy (non-hydrogen) atoms. The lowest BCUT2D eigenvalue weighted by atomic mass is 10.3. The van der Waals surface area contributed by atoms with Crippen LogP contribution in [0, 0.1) is 6.92 Å². The van der Waals surface area contributed by atoms with Crippen molar-refractivity contribution in [1.82, 2.24) is 10.1 Å². The van der Waals surface area contributed by atoms with Crippen LogP contribution < -0.4 is 0 Å². The Balaban J connectivity index is 2.32. The zero-order valence-electron chi connectivity index (χ0n) is 8.53. The van der Waals surface area contributed by atoms with Crippen molar-refractivity contribution in [3.8, 4) is 11.6 Å². The molecule has 0 aromatic carbocycles. The topological polar surface area (TPSA) is 52.1 Å². The highest BCUT2D eigenvalue weighted by Gasteiger charge is 2.17. The maximum atomic E-state index is 5.28. The Labute approximate surface area is 95.8 Å². The molecule has 4 nitrogen and oxygen atoms in total. The molecule has 5 heteroatoms. The maximum absolute atomic E-state index is 5.28. The average molecular weight is 271 g/mol. The zero-order valence-corrected chi connectivity index (χ0v) is 10.1. The highest BCUT2D eigenvalue weighted by Crippen LogP contribution is 2.27. The standard InChI is InChI=1S/C10H11BrN2O2/c1-3-7(11)10-12-9(13-15-10)8-6(2)4-5-14-8/h4-5,7H,3H2,1-2H3. The van der Waals surface area contributed by atoms with Crippen molar-refractivity contribution in [3.05, 3.63) is 23.8 Å². The Morgan fingerprint density at radius 1 is 1.53 bits per heavy atom. The molecule has 0 saturated carbocycles. The van der Waals surface area contributed by atoms with Gasteiger partial charge in [-0.15, -0.1) is 0 Å². The van der Waals surface area contributed by atoms with Crippen molar-refractivity contribution in [2.24, 2.45) is 0 Å². The van der Waals surface area contributed by atoms with Gasteiger partial charge in [-0.1, -0.05) is 28.0 Å². The summed E-state index contributed by atoms with van der Waals surface area (Å²) in [6.07, 6.45) is 2.52. The van der Waals surface area contributed by atoms with E-state index in [1.807, 2.05) is 19.9 Å². The Morgan fingerprint density at radius 3 is 2.93 bits per heavy atom. The smallest absolute Gasteiger partial charge is 0.240 e. The van der Waals surface area contributed by atoms with E-state index in [-0.39, 0.29) is 4.83 Å². The van der Waals surface area contributed by atoms with Gasteiger partial charge < -0.3 is 8.94 Å². The van der Waals surface area contributed by atoms with Crippen molar-refractivity contribution in [1.29, 1.82) is 0 Å². The molecule has 0 N–H and O–H groups in total. The van der Waals surface area contributed by atoms with Crippen LogP contribution in [0.2, 0.25) is 0 Å². The number of aryl methyl sites for hydroxylation is 1. The predicted octanol–water partition coefficient (Wildman–Crippen LogP) is 3.48. The summed E-state index contributed by atoms with van der Waals surface area (Å²) in [6.45, 7) is 3.99. The van der Waals surface area contributed by atoms with Gasteiger partial charge in [0.05, 0.1) is 11.1 Å². The summed E-state index contributed by atoms with van der Waals surface area (Å²) in [7, 11) is 0. The highest BCUT2D eigenvalue weighted by atomic mass is 79.9. The van der Waals surface area contributed by atoms with Gasteiger partial charge in [0, 0.05) is 0 Å². The normalized spacial score (nSPS) is 13.0. The molecule has 0 radical (unpaired) electrons. The quantitative estimate of drug-likeness (QED) is 0.802. The third-order valence-corrected chi connectivity index (χ3v) is 3.17. The number of halogens is 1. The number of furan rings is 1. The first-order valence-corrected chi connectivity index (χ1v) is 5.66. The van der Waals surface area contributed by atoms with Gasteiger partial charge in [-0.2, -0.15) is 4.98 Å². The molecule has 0 aliphatic carbocycles. The first-order chi connectivity index (χ1) is 7.22. The highest BCUT2D eigenvalue weighted by molar-refractivity contribution is 9.09. The molecule has 2 rings (SSSR count). The molecule has 1 atom stereocenters. The number of rotatable bonds is 3. The lowest BCUT2D eigenvalue weighted by Crippen LogP contribution is -1.87. The molecule has 2 aromatic rings. The monoisotopic (exact) mass is 270 g/mol. The number of nitrogens with zero attached hydrogens (tertiary/aromatic N) is 2. The fourth-order valence-corrected chi connectivity index (χ4v) is 1.42. The third-order valence-electron chi connectivity index (χ3n) is 2.13. The van der Waals surface area contributed by atoms with E-state index in [9.17, 15) is 0 Å². The van der Waals surface area contributed by atoms with E-state index in [1.54, 1.807) is 6.26 Å². The van der Waals surface area contributed by atoms with Gasteiger partial charge in [0.2, 0.25) is 11.7 Å². The van der Waals surface area contributed by atoms with Gasteiger partial charge in [0.1, 0.15) is 0 Å². The van der Waals surface area contributed by atoms with Crippen LogP contribution in [0.4, 0.5) is 0 Å². The SMILES string of the molecule is CCC(Br)c1nc(-c2occc2C)no1. The molecular weight excluding hydrogens is 260 g/mol. The molecule has 0 fully saturated rings. The van der Waals surface area contributed by atoms with Crippen molar-refractivity contribution in [2.75, 3.05) is 0 Å². The van der Waals surface area contributed by atoms with Crippen LogP contribution in [0.15, 0.2) is 21.3 Å². The molecule has 0 amide bonds. The minimum atomic E-state index is 0.106. The third kappa shape index (κ3) is 1.97. The molecular formula is C10H11BrN2O2.